The van der Waals surface area contributed by atoms with E-state index < -0.39 is 12.1 Å². The van der Waals surface area contributed by atoms with Crippen LogP contribution in [0.25, 0.3) is 0 Å². The second-order valence-electron chi connectivity index (χ2n) is 4.76. The highest BCUT2D eigenvalue weighted by Crippen LogP contribution is 2.14. The van der Waals surface area contributed by atoms with Crippen molar-refractivity contribution in [2.24, 2.45) is 0 Å². The molecule has 22 heavy (non-hydrogen) atoms. The lowest BCUT2D eigenvalue weighted by Crippen LogP contribution is -2.33. The molecule has 0 radical (unpaired) electrons. The Bertz CT molecular complexity index is 637. The number of aliphatic hydroxyl groups excluding tert-OH is 1. The molecule has 1 aromatic heterocycles. The predicted octanol–water partition coefficient (Wildman–Crippen LogP) is 2.11. The number of aromatic nitrogens is 1. The van der Waals surface area contributed by atoms with E-state index in [4.69, 9.17) is 4.74 Å². The SMILES string of the molecule is CC(=O)n1cccc1[C@H](CO)NC(=O)OCc1ccccc1. The normalized spacial score (nSPS) is 11.7. The zero-order valence-corrected chi connectivity index (χ0v) is 12.2. The van der Waals surface area contributed by atoms with Crippen LogP contribution in [-0.2, 0) is 11.3 Å². The van der Waals surface area contributed by atoms with Crippen molar-refractivity contribution < 1.29 is 19.4 Å². The first-order valence-corrected chi connectivity index (χ1v) is 6.88. The molecule has 0 aliphatic carbocycles. The number of carbonyl (C=O) groups is 2. The summed E-state index contributed by atoms with van der Waals surface area (Å²) in [4.78, 5) is 23.3. The maximum Gasteiger partial charge on any atom is 0.408 e. The number of alkyl carbamates (subject to hydrolysis) is 1. The molecule has 116 valence electrons. The van der Waals surface area contributed by atoms with E-state index >= 15 is 0 Å². The van der Waals surface area contributed by atoms with Crippen LogP contribution >= 0.6 is 0 Å². The predicted molar refractivity (Wildman–Crippen MR) is 80.3 cm³/mol. The molecule has 1 heterocycles. The summed E-state index contributed by atoms with van der Waals surface area (Å²) in [6.45, 7) is 1.21. The molecule has 2 N–H and O–H groups in total. The summed E-state index contributed by atoms with van der Waals surface area (Å²) in [5.74, 6) is -0.196. The number of benzene rings is 1. The van der Waals surface area contributed by atoms with Crippen molar-refractivity contribution in [3.63, 3.8) is 0 Å². The van der Waals surface area contributed by atoms with Gasteiger partial charge in [0.05, 0.1) is 18.3 Å². The lowest BCUT2D eigenvalue weighted by atomic mass is 10.2. The largest absolute Gasteiger partial charge is 0.445 e. The zero-order chi connectivity index (χ0) is 15.9. The Balaban J connectivity index is 1.96. The number of rotatable bonds is 5. The van der Waals surface area contributed by atoms with E-state index in [9.17, 15) is 14.7 Å². The van der Waals surface area contributed by atoms with Gasteiger partial charge in [-0.2, -0.15) is 0 Å². The molecule has 0 saturated heterocycles. The second-order valence-corrected chi connectivity index (χ2v) is 4.76. The third kappa shape index (κ3) is 3.95. The summed E-state index contributed by atoms with van der Waals surface area (Å²) in [7, 11) is 0. The van der Waals surface area contributed by atoms with E-state index in [2.05, 4.69) is 5.32 Å². The van der Waals surface area contributed by atoms with Gasteiger partial charge in [-0.1, -0.05) is 30.3 Å². The molecular formula is C16H18N2O4. The van der Waals surface area contributed by atoms with Crippen LogP contribution in [0.5, 0.6) is 0 Å². The van der Waals surface area contributed by atoms with Crippen LogP contribution in [0.4, 0.5) is 4.79 Å². The number of nitrogens with one attached hydrogen (secondary N) is 1. The molecule has 0 aliphatic heterocycles. The average molecular weight is 302 g/mol. The molecule has 0 aliphatic rings. The number of carbonyl (C=O) groups excluding carboxylic acids is 2. The van der Waals surface area contributed by atoms with Crippen LogP contribution < -0.4 is 5.32 Å². The van der Waals surface area contributed by atoms with Crippen molar-refractivity contribution in [1.82, 2.24) is 9.88 Å². The van der Waals surface area contributed by atoms with Crippen LogP contribution in [0, 0.1) is 0 Å². The monoisotopic (exact) mass is 302 g/mol. The molecule has 0 saturated carbocycles. The van der Waals surface area contributed by atoms with Crippen molar-refractivity contribution in [2.75, 3.05) is 6.61 Å². The van der Waals surface area contributed by atoms with E-state index in [0.717, 1.165) is 5.56 Å². The van der Waals surface area contributed by atoms with E-state index in [1.54, 1.807) is 18.3 Å². The minimum Gasteiger partial charge on any atom is -0.445 e. The van der Waals surface area contributed by atoms with E-state index in [0.29, 0.717) is 5.69 Å². The molecule has 0 fully saturated rings. The first-order valence-electron chi connectivity index (χ1n) is 6.88. The van der Waals surface area contributed by atoms with Gasteiger partial charge >= 0.3 is 6.09 Å². The van der Waals surface area contributed by atoms with Gasteiger partial charge < -0.3 is 15.2 Å². The lowest BCUT2D eigenvalue weighted by molar-refractivity contribution is 0.0925. The highest BCUT2D eigenvalue weighted by atomic mass is 16.5. The van der Waals surface area contributed by atoms with Gasteiger partial charge in [-0.25, -0.2) is 4.79 Å². The van der Waals surface area contributed by atoms with Crippen LogP contribution in [0.15, 0.2) is 48.7 Å². The average Bonchev–Trinajstić information content (AvgIpc) is 3.01. The third-order valence-electron chi connectivity index (χ3n) is 3.16. The fourth-order valence-electron chi connectivity index (χ4n) is 2.09. The van der Waals surface area contributed by atoms with Gasteiger partial charge in [-0.15, -0.1) is 0 Å². The summed E-state index contributed by atoms with van der Waals surface area (Å²) >= 11 is 0. The van der Waals surface area contributed by atoms with Gasteiger partial charge in [0.2, 0.25) is 5.91 Å². The van der Waals surface area contributed by atoms with Crippen LogP contribution in [0.2, 0.25) is 0 Å². The number of hydrogen-bond acceptors (Lipinski definition) is 4. The second kappa shape index (κ2) is 7.42. The molecule has 0 unspecified atom stereocenters. The van der Waals surface area contributed by atoms with Gasteiger partial charge in [0.1, 0.15) is 6.61 Å². The van der Waals surface area contributed by atoms with Gasteiger partial charge in [-0.3, -0.25) is 9.36 Å². The Morgan fingerprint density at radius 2 is 1.95 bits per heavy atom. The summed E-state index contributed by atoms with van der Waals surface area (Å²) in [5, 5.41) is 12.0. The molecule has 0 bridgehead atoms. The highest BCUT2D eigenvalue weighted by Gasteiger charge is 2.19. The summed E-state index contributed by atoms with van der Waals surface area (Å²) in [6, 6.07) is 11.9. The van der Waals surface area contributed by atoms with Gasteiger partial charge in [0.25, 0.3) is 0 Å². The fraction of sp³-hybridized carbons (Fsp3) is 0.250. The Labute approximate surface area is 128 Å². The van der Waals surface area contributed by atoms with E-state index in [1.165, 1.54) is 11.5 Å². The summed E-state index contributed by atoms with van der Waals surface area (Å²) < 4.78 is 6.48. The molecule has 2 aromatic rings. The Kier molecular flexibility index (Phi) is 5.32. The molecule has 6 nitrogen and oxygen atoms in total. The van der Waals surface area contributed by atoms with Crippen molar-refractivity contribution in [1.29, 1.82) is 0 Å². The highest BCUT2D eigenvalue weighted by molar-refractivity contribution is 5.77. The molecule has 1 atom stereocenters. The standard InChI is InChI=1S/C16H18N2O4/c1-12(20)18-9-5-8-15(18)14(10-19)17-16(21)22-11-13-6-3-2-4-7-13/h2-9,14,19H,10-11H2,1H3,(H,17,21)/t14-/m0/s1. The van der Waals surface area contributed by atoms with Crippen molar-refractivity contribution in [3.05, 3.63) is 59.9 Å². The van der Waals surface area contributed by atoms with Crippen molar-refractivity contribution in [2.45, 2.75) is 19.6 Å². The van der Waals surface area contributed by atoms with Crippen molar-refractivity contribution in [3.8, 4) is 0 Å². The smallest absolute Gasteiger partial charge is 0.408 e. The zero-order valence-electron chi connectivity index (χ0n) is 12.2. The molecule has 1 amide bonds. The number of ether oxygens (including phenoxy) is 1. The Morgan fingerprint density at radius 1 is 1.23 bits per heavy atom. The van der Waals surface area contributed by atoms with E-state index in [1.807, 2.05) is 30.3 Å². The minimum atomic E-state index is -0.706. The van der Waals surface area contributed by atoms with Crippen LogP contribution in [0.3, 0.4) is 0 Å². The minimum absolute atomic E-state index is 0.137. The quantitative estimate of drug-likeness (QED) is 0.886. The number of aliphatic hydroxyl groups is 1. The molecule has 6 heteroatoms. The van der Waals surface area contributed by atoms with Gasteiger partial charge in [0.15, 0.2) is 0 Å². The van der Waals surface area contributed by atoms with Gasteiger partial charge in [-0.05, 0) is 17.7 Å². The summed E-state index contributed by atoms with van der Waals surface area (Å²) in [5.41, 5.74) is 1.37. The first kappa shape index (κ1) is 15.8. The maximum absolute atomic E-state index is 11.8. The number of nitrogens with zero attached hydrogens (tertiary/aromatic N) is 1. The Hall–Kier alpha value is -2.60. The third-order valence-corrected chi connectivity index (χ3v) is 3.16. The van der Waals surface area contributed by atoms with Gasteiger partial charge in [0, 0.05) is 13.1 Å². The number of hydrogen-bond donors (Lipinski definition) is 2. The number of amides is 1. The molecule has 2 rings (SSSR count). The topological polar surface area (TPSA) is 80.6 Å². The molecule has 0 spiro atoms. The Morgan fingerprint density at radius 3 is 2.59 bits per heavy atom. The molecule has 1 aromatic carbocycles. The molecular weight excluding hydrogens is 284 g/mol. The summed E-state index contributed by atoms with van der Waals surface area (Å²) in [6.07, 6.45) is 0.927. The van der Waals surface area contributed by atoms with E-state index in [-0.39, 0.29) is 19.1 Å². The lowest BCUT2D eigenvalue weighted by Gasteiger charge is -2.17. The van der Waals surface area contributed by atoms with Crippen LogP contribution in [-0.4, -0.2) is 28.3 Å². The first-order chi connectivity index (χ1) is 10.6. The van der Waals surface area contributed by atoms with Crippen molar-refractivity contribution >= 4 is 12.0 Å². The van der Waals surface area contributed by atoms with Crippen LogP contribution in [0.1, 0.15) is 29.0 Å². The fourth-order valence-corrected chi connectivity index (χ4v) is 2.09. The maximum atomic E-state index is 11.8.